The van der Waals surface area contributed by atoms with E-state index in [9.17, 15) is 4.39 Å². The van der Waals surface area contributed by atoms with Crippen molar-refractivity contribution in [3.05, 3.63) is 83.2 Å². The smallest absolute Gasteiger partial charge is 0.130 e. The first kappa shape index (κ1) is 20.7. The summed E-state index contributed by atoms with van der Waals surface area (Å²) in [6.45, 7) is 4.61. The molecular weight excluding hydrogens is 383 g/mol. The summed E-state index contributed by atoms with van der Waals surface area (Å²) in [5.41, 5.74) is 3.29. The first-order valence-electron chi connectivity index (χ1n) is 10.2. The normalized spacial score (nSPS) is 21.7. The third-order valence-corrected chi connectivity index (χ3v) is 5.68. The Kier molecular flexibility index (Phi) is 6.27. The Bertz CT molecular complexity index is 989. The van der Waals surface area contributed by atoms with Crippen LogP contribution in [0.25, 0.3) is 5.69 Å². The van der Waals surface area contributed by atoms with Gasteiger partial charge in [-0.05, 0) is 43.5 Å². The molecule has 0 saturated carbocycles. The van der Waals surface area contributed by atoms with Crippen LogP contribution >= 0.6 is 0 Å². The summed E-state index contributed by atoms with van der Waals surface area (Å²) in [6.07, 6.45) is 3.61. The number of rotatable bonds is 6. The highest BCUT2D eigenvalue weighted by Crippen LogP contribution is 2.33. The average molecular weight is 410 g/mol. The Morgan fingerprint density at radius 3 is 2.70 bits per heavy atom. The van der Waals surface area contributed by atoms with Crippen molar-refractivity contribution in [1.82, 2.24) is 9.55 Å². The van der Waals surface area contributed by atoms with Gasteiger partial charge in [-0.15, -0.1) is 0 Å². The minimum atomic E-state index is -0.318. The summed E-state index contributed by atoms with van der Waals surface area (Å²) in [7, 11) is 1.68. The number of hydrogen-bond acceptors (Lipinski definition) is 4. The second-order valence-corrected chi connectivity index (χ2v) is 7.62. The first-order chi connectivity index (χ1) is 14.6. The quantitative estimate of drug-likeness (QED) is 0.591. The van der Waals surface area contributed by atoms with E-state index in [1.807, 2.05) is 61.0 Å². The highest BCUT2D eigenvalue weighted by Gasteiger charge is 2.36. The predicted octanol–water partition coefficient (Wildman–Crippen LogP) is 4.69. The van der Waals surface area contributed by atoms with Crippen molar-refractivity contribution in [2.24, 2.45) is 0 Å². The van der Waals surface area contributed by atoms with Crippen LogP contribution in [-0.4, -0.2) is 35.5 Å². The second-order valence-electron chi connectivity index (χ2n) is 7.62. The molecule has 2 heterocycles. The van der Waals surface area contributed by atoms with Crippen LogP contribution in [0.3, 0.4) is 0 Å². The van der Waals surface area contributed by atoms with Crippen molar-refractivity contribution in [1.29, 1.82) is 0 Å². The predicted molar refractivity (Wildman–Crippen MR) is 112 cm³/mol. The molecule has 0 amide bonds. The lowest BCUT2D eigenvalue weighted by atomic mass is 9.95. The zero-order valence-corrected chi connectivity index (χ0v) is 17.5. The first-order valence-corrected chi connectivity index (χ1v) is 10.2. The molecule has 1 aromatic heterocycles. The lowest BCUT2D eigenvalue weighted by Crippen LogP contribution is -2.42. The lowest BCUT2D eigenvalue weighted by Gasteiger charge is -2.37. The molecule has 1 aliphatic rings. The van der Waals surface area contributed by atoms with Gasteiger partial charge in [0.1, 0.15) is 23.8 Å². The summed E-state index contributed by atoms with van der Waals surface area (Å²) < 4.78 is 34.7. The molecule has 1 aliphatic heterocycles. The number of nitrogens with zero attached hydrogens (tertiary/aromatic N) is 2. The zero-order chi connectivity index (χ0) is 21.1. The van der Waals surface area contributed by atoms with Gasteiger partial charge in [-0.2, -0.15) is 0 Å². The van der Waals surface area contributed by atoms with E-state index in [0.29, 0.717) is 12.2 Å². The number of benzene rings is 2. The number of aromatic nitrogens is 2. The van der Waals surface area contributed by atoms with Crippen molar-refractivity contribution in [3.63, 3.8) is 0 Å². The van der Waals surface area contributed by atoms with Gasteiger partial charge in [0, 0.05) is 25.1 Å². The van der Waals surface area contributed by atoms with Crippen molar-refractivity contribution in [3.8, 4) is 5.69 Å². The maximum atomic E-state index is 14.9. The van der Waals surface area contributed by atoms with Crippen LogP contribution in [0.1, 0.15) is 35.0 Å². The third-order valence-electron chi connectivity index (χ3n) is 5.68. The van der Waals surface area contributed by atoms with E-state index in [2.05, 4.69) is 4.98 Å². The molecule has 3 unspecified atom stereocenters. The fraction of sp³-hybridized carbons (Fsp3) is 0.375. The Morgan fingerprint density at radius 1 is 1.20 bits per heavy atom. The van der Waals surface area contributed by atoms with E-state index in [-0.39, 0.29) is 30.7 Å². The number of ether oxygens (including phenoxy) is 3. The molecule has 6 heteroatoms. The van der Waals surface area contributed by atoms with E-state index in [1.165, 1.54) is 0 Å². The van der Waals surface area contributed by atoms with Crippen molar-refractivity contribution in [2.45, 2.75) is 45.2 Å². The standard InChI is InChI=1S/C24H27FN2O3/c1-16-13-19(20(25)14-21(16)27-11-10-26-17(27)2)15-30-24-22(28-3)9-12-29-23(24)18-7-5-4-6-8-18/h4-8,10-11,13-14,22-24H,9,12,15H2,1-3H3. The molecule has 4 rings (SSSR count). The highest BCUT2D eigenvalue weighted by molar-refractivity contribution is 5.44. The largest absolute Gasteiger partial charge is 0.379 e. The van der Waals surface area contributed by atoms with E-state index < -0.39 is 0 Å². The van der Waals surface area contributed by atoms with Crippen LogP contribution in [0.4, 0.5) is 4.39 Å². The lowest BCUT2D eigenvalue weighted by molar-refractivity contribution is -0.175. The van der Waals surface area contributed by atoms with Crippen LogP contribution < -0.4 is 0 Å². The molecule has 2 aromatic carbocycles. The summed E-state index contributed by atoms with van der Waals surface area (Å²) in [4.78, 5) is 4.23. The van der Waals surface area contributed by atoms with E-state index in [0.717, 1.165) is 29.1 Å². The van der Waals surface area contributed by atoms with Gasteiger partial charge >= 0.3 is 0 Å². The van der Waals surface area contributed by atoms with Gasteiger partial charge in [0.15, 0.2) is 0 Å². The van der Waals surface area contributed by atoms with E-state index >= 15 is 0 Å². The summed E-state index contributed by atoms with van der Waals surface area (Å²) >= 11 is 0. The summed E-state index contributed by atoms with van der Waals surface area (Å²) in [5, 5.41) is 0. The summed E-state index contributed by atoms with van der Waals surface area (Å²) in [5.74, 6) is 0.514. The van der Waals surface area contributed by atoms with Crippen LogP contribution in [-0.2, 0) is 20.8 Å². The molecule has 158 valence electrons. The van der Waals surface area contributed by atoms with E-state index in [4.69, 9.17) is 14.2 Å². The molecule has 0 N–H and O–H groups in total. The van der Waals surface area contributed by atoms with Gasteiger partial charge in [0.25, 0.3) is 0 Å². The third kappa shape index (κ3) is 4.17. The average Bonchev–Trinajstić information content (AvgIpc) is 3.20. The molecule has 1 saturated heterocycles. The van der Waals surface area contributed by atoms with Crippen molar-refractivity contribution in [2.75, 3.05) is 13.7 Å². The SMILES string of the molecule is COC1CCOC(c2ccccc2)C1OCc1cc(C)c(-n2ccnc2C)cc1F. The monoisotopic (exact) mass is 410 g/mol. The van der Waals surface area contributed by atoms with Crippen molar-refractivity contribution >= 4 is 0 Å². The topological polar surface area (TPSA) is 45.5 Å². The van der Waals surface area contributed by atoms with Crippen LogP contribution in [0.2, 0.25) is 0 Å². The van der Waals surface area contributed by atoms with Crippen LogP contribution in [0, 0.1) is 19.7 Å². The molecule has 0 radical (unpaired) electrons. The molecule has 0 spiro atoms. The Morgan fingerprint density at radius 2 is 2.00 bits per heavy atom. The molecule has 5 nitrogen and oxygen atoms in total. The fourth-order valence-electron chi connectivity index (χ4n) is 4.06. The van der Waals surface area contributed by atoms with Crippen LogP contribution in [0.5, 0.6) is 0 Å². The molecular formula is C24H27FN2O3. The minimum Gasteiger partial charge on any atom is -0.379 e. The number of imidazole rings is 1. The number of halogens is 1. The second kappa shape index (κ2) is 9.08. The molecule has 3 atom stereocenters. The fourth-order valence-corrected chi connectivity index (χ4v) is 4.06. The van der Waals surface area contributed by atoms with Gasteiger partial charge in [-0.25, -0.2) is 9.37 Å². The number of methoxy groups -OCH3 is 1. The van der Waals surface area contributed by atoms with Gasteiger partial charge in [-0.3, -0.25) is 0 Å². The maximum absolute atomic E-state index is 14.9. The molecule has 0 bridgehead atoms. The molecule has 0 aliphatic carbocycles. The van der Waals surface area contributed by atoms with Gasteiger partial charge in [0.2, 0.25) is 0 Å². The zero-order valence-electron chi connectivity index (χ0n) is 17.5. The Hall–Kier alpha value is -2.54. The molecule has 30 heavy (non-hydrogen) atoms. The minimum absolute atomic E-state index is 0.110. The Labute approximate surface area is 176 Å². The molecule has 1 fully saturated rings. The molecule has 3 aromatic rings. The van der Waals surface area contributed by atoms with Crippen LogP contribution in [0.15, 0.2) is 54.9 Å². The van der Waals surface area contributed by atoms with Gasteiger partial charge in [-0.1, -0.05) is 30.3 Å². The number of aryl methyl sites for hydroxylation is 2. The maximum Gasteiger partial charge on any atom is 0.130 e. The number of hydrogen-bond donors (Lipinski definition) is 0. The summed E-state index contributed by atoms with van der Waals surface area (Å²) in [6, 6.07) is 13.4. The van der Waals surface area contributed by atoms with Crippen molar-refractivity contribution < 1.29 is 18.6 Å². The van der Waals surface area contributed by atoms with Gasteiger partial charge in [0.05, 0.1) is 25.0 Å². The van der Waals surface area contributed by atoms with Gasteiger partial charge < -0.3 is 18.8 Å². The van der Waals surface area contributed by atoms with E-state index in [1.54, 1.807) is 19.4 Å². The Balaban J connectivity index is 1.56. The highest BCUT2D eigenvalue weighted by atomic mass is 19.1.